The van der Waals surface area contributed by atoms with Crippen LogP contribution in [-0.2, 0) is 6.54 Å². The topological polar surface area (TPSA) is 20.3 Å². The van der Waals surface area contributed by atoms with Crippen molar-refractivity contribution < 1.29 is 4.79 Å². The van der Waals surface area contributed by atoms with Crippen LogP contribution in [0.25, 0.3) is 0 Å². The molecule has 20 heavy (non-hydrogen) atoms. The minimum Gasteiger partial charge on any atom is -0.331 e. The molecule has 1 aromatic heterocycles. The van der Waals surface area contributed by atoms with E-state index in [0.717, 1.165) is 27.8 Å². The van der Waals surface area contributed by atoms with E-state index in [0.29, 0.717) is 12.6 Å². The van der Waals surface area contributed by atoms with Gasteiger partial charge in [-0.2, -0.15) is 0 Å². The lowest BCUT2D eigenvalue weighted by Crippen LogP contribution is -2.32. The summed E-state index contributed by atoms with van der Waals surface area (Å²) in [6.45, 7) is 2.70. The molecule has 1 saturated carbocycles. The lowest BCUT2D eigenvalue weighted by Gasteiger charge is -2.22. The first-order chi connectivity index (χ1) is 9.65. The van der Waals surface area contributed by atoms with Crippen molar-refractivity contribution in [1.82, 2.24) is 4.90 Å². The molecule has 0 N–H and O–H groups in total. The Morgan fingerprint density at radius 2 is 2.20 bits per heavy atom. The zero-order chi connectivity index (χ0) is 14.1. The fraction of sp³-hybridized carbons (Fsp3) is 0.312. The van der Waals surface area contributed by atoms with Crippen LogP contribution < -0.4 is 0 Å². The van der Waals surface area contributed by atoms with Gasteiger partial charge in [0.25, 0.3) is 5.91 Å². The van der Waals surface area contributed by atoms with Gasteiger partial charge in [0, 0.05) is 17.1 Å². The van der Waals surface area contributed by atoms with Gasteiger partial charge >= 0.3 is 0 Å². The third-order valence-electron chi connectivity index (χ3n) is 3.55. The summed E-state index contributed by atoms with van der Waals surface area (Å²) in [7, 11) is 0. The van der Waals surface area contributed by atoms with Gasteiger partial charge in [-0.1, -0.05) is 28.1 Å². The lowest BCUT2D eigenvalue weighted by atomic mass is 10.2. The van der Waals surface area contributed by atoms with E-state index in [1.807, 2.05) is 35.4 Å². The Kier molecular flexibility index (Phi) is 3.94. The van der Waals surface area contributed by atoms with Crippen molar-refractivity contribution in [2.24, 2.45) is 0 Å². The van der Waals surface area contributed by atoms with Gasteiger partial charge in [-0.25, -0.2) is 0 Å². The number of hydrogen-bond acceptors (Lipinski definition) is 2. The van der Waals surface area contributed by atoms with Crippen LogP contribution >= 0.6 is 27.3 Å². The van der Waals surface area contributed by atoms with E-state index in [4.69, 9.17) is 0 Å². The molecule has 1 fully saturated rings. The van der Waals surface area contributed by atoms with Crippen LogP contribution in [-0.4, -0.2) is 16.8 Å². The van der Waals surface area contributed by atoms with E-state index in [1.165, 1.54) is 5.56 Å². The number of rotatable bonds is 4. The average Bonchev–Trinajstić information content (AvgIpc) is 3.17. The molecule has 1 aromatic carbocycles. The summed E-state index contributed by atoms with van der Waals surface area (Å²) < 4.78 is 1.06. The van der Waals surface area contributed by atoms with E-state index < -0.39 is 0 Å². The third kappa shape index (κ3) is 2.96. The number of carbonyl (C=O) groups excluding carboxylic acids is 1. The predicted molar refractivity (Wildman–Crippen MR) is 86.1 cm³/mol. The van der Waals surface area contributed by atoms with Gasteiger partial charge < -0.3 is 4.90 Å². The zero-order valence-corrected chi connectivity index (χ0v) is 13.7. The maximum absolute atomic E-state index is 12.7. The Balaban J connectivity index is 1.83. The second kappa shape index (κ2) is 5.70. The first-order valence-electron chi connectivity index (χ1n) is 6.74. The molecule has 0 saturated heterocycles. The second-order valence-electron chi connectivity index (χ2n) is 5.23. The molecule has 0 radical (unpaired) electrons. The van der Waals surface area contributed by atoms with Gasteiger partial charge in [0.1, 0.15) is 0 Å². The average molecular weight is 350 g/mol. The van der Waals surface area contributed by atoms with Crippen molar-refractivity contribution in [2.75, 3.05) is 0 Å². The Morgan fingerprint density at radius 3 is 2.80 bits per heavy atom. The highest BCUT2D eigenvalue weighted by atomic mass is 79.9. The molecule has 2 nitrogen and oxygen atoms in total. The minimum absolute atomic E-state index is 0.181. The van der Waals surface area contributed by atoms with E-state index in [-0.39, 0.29) is 5.91 Å². The summed E-state index contributed by atoms with van der Waals surface area (Å²) in [6, 6.07) is 10.6. The number of halogens is 1. The molecule has 1 amide bonds. The fourth-order valence-corrected chi connectivity index (χ4v) is 3.63. The van der Waals surface area contributed by atoms with Crippen molar-refractivity contribution in [2.45, 2.75) is 32.4 Å². The molecule has 104 valence electrons. The van der Waals surface area contributed by atoms with Crippen LogP contribution in [0.4, 0.5) is 0 Å². The first-order valence-corrected chi connectivity index (χ1v) is 8.42. The van der Waals surface area contributed by atoms with E-state index in [2.05, 4.69) is 28.1 Å². The van der Waals surface area contributed by atoms with E-state index in [9.17, 15) is 4.79 Å². The van der Waals surface area contributed by atoms with Crippen LogP contribution in [0.3, 0.4) is 0 Å². The van der Waals surface area contributed by atoms with Crippen molar-refractivity contribution in [3.8, 4) is 0 Å². The van der Waals surface area contributed by atoms with E-state index >= 15 is 0 Å². The highest BCUT2D eigenvalue weighted by Gasteiger charge is 2.33. The molecule has 1 aliphatic rings. The lowest BCUT2D eigenvalue weighted by molar-refractivity contribution is 0.0734. The molecule has 0 bridgehead atoms. The van der Waals surface area contributed by atoms with Crippen molar-refractivity contribution >= 4 is 33.2 Å². The summed E-state index contributed by atoms with van der Waals surface area (Å²) in [5.41, 5.74) is 2.26. The van der Waals surface area contributed by atoms with E-state index in [1.54, 1.807) is 11.3 Å². The number of thiophene rings is 1. The summed E-state index contributed by atoms with van der Waals surface area (Å²) in [5.74, 6) is 0.181. The fourth-order valence-electron chi connectivity index (χ4n) is 2.31. The molecular weight excluding hydrogens is 334 g/mol. The third-order valence-corrected chi connectivity index (χ3v) is 5.04. The zero-order valence-electron chi connectivity index (χ0n) is 11.3. The molecule has 4 heteroatoms. The van der Waals surface area contributed by atoms with Crippen LogP contribution in [0.2, 0.25) is 0 Å². The van der Waals surface area contributed by atoms with Crippen molar-refractivity contribution in [1.29, 1.82) is 0 Å². The second-order valence-corrected chi connectivity index (χ2v) is 7.06. The van der Waals surface area contributed by atoms with Crippen LogP contribution in [0, 0.1) is 6.92 Å². The number of aryl methyl sites for hydroxylation is 1. The van der Waals surface area contributed by atoms with Crippen molar-refractivity contribution in [3.05, 3.63) is 56.2 Å². The highest BCUT2D eigenvalue weighted by molar-refractivity contribution is 9.10. The summed E-state index contributed by atoms with van der Waals surface area (Å²) >= 11 is 5.04. The Bertz CT molecular complexity index is 633. The van der Waals surface area contributed by atoms with Gasteiger partial charge in [0.15, 0.2) is 0 Å². The highest BCUT2D eigenvalue weighted by Crippen LogP contribution is 2.31. The predicted octanol–water partition coefficient (Wildman–Crippen LogP) is 4.62. The van der Waals surface area contributed by atoms with Gasteiger partial charge in [0.2, 0.25) is 0 Å². The SMILES string of the molecule is Cc1ccsc1C(=O)N(Cc1cccc(Br)c1)C1CC1. The van der Waals surface area contributed by atoms with Crippen molar-refractivity contribution in [3.63, 3.8) is 0 Å². The van der Waals surface area contributed by atoms with Crippen LogP contribution in [0.15, 0.2) is 40.2 Å². The largest absolute Gasteiger partial charge is 0.331 e. The molecule has 2 aromatic rings. The first kappa shape index (κ1) is 13.8. The monoisotopic (exact) mass is 349 g/mol. The normalized spacial score (nSPS) is 14.3. The standard InChI is InChI=1S/C16H16BrNOS/c1-11-7-8-20-15(11)16(19)18(14-5-6-14)10-12-3-2-4-13(17)9-12/h2-4,7-9,14H,5-6,10H2,1H3. The van der Waals surface area contributed by atoms with Gasteiger partial charge in [0.05, 0.1) is 4.88 Å². The molecule has 0 aliphatic heterocycles. The summed E-state index contributed by atoms with van der Waals surface area (Å²) in [5, 5.41) is 1.99. The molecule has 1 heterocycles. The molecule has 0 spiro atoms. The Labute approximate surface area is 131 Å². The summed E-state index contributed by atoms with van der Waals surface area (Å²) in [6.07, 6.45) is 2.26. The number of benzene rings is 1. The molecular formula is C16H16BrNOS. The number of amides is 1. The Hall–Kier alpha value is -1.13. The quantitative estimate of drug-likeness (QED) is 0.788. The van der Waals surface area contributed by atoms with Gasteiger partial charge in [-0.15, -0.1) is 11.3 Å². The van der Waals surface area contributed by atoms with Crippen LogP contribution in [0.1, 0.15) is 33.6 Å². The maximum atomic E-state index is 12.7. The van der Waals surface area contributed by atoms with Gasteiger partial charge in [-0.05, 0) is 54.5 Å². The smallest absolute Gasteiger partial charge is 0.264 e. The minimum atomic E-state index is 0.181. The molecule has 0 unspecified atom stereocenters. The molecule has 1 aliphatic carbocycles. The maximum Gasteiger partial charge on any atom is 0.264 e. The summed E-state index contributed by atoms with van der Waals surface area (Å²) in [4.78, 5) is 15.6. The van der Waals surface area contributed by atoms with Gasteiger partial charge in [-0.3, -0.25) is 4.79 Å². The van der Waals surface area contributed by atoms with Crippen LogP contribution in [0.5, 0.6) is 0 Å². The molecule has 3 rings (SSSR count). The molecule has 0 atom stereocenters. The number of hydrogen-bond donors (Lipinski definition) is 0. The number of carbonyl (C=O) groups is 1. The number of nitrogens with zero attached hydrogens (tertiary/aromatic N) is 1. The Morgan fingerprint density at radius 1 is 1.40 bits per heavy atom.